The van der Waals surface area contributed by atoms with Crippen LogP contribution in [0.5, 0.6) is 0 Å². The molecule has 1 rings (SSSR count). The van der Waals surface area contributed by atoms with Crippen LogP contribution in [0.1, 0.15) is 6.42 Å². The molecule has 0 aliphatic carbocycles. The van der Waals surface area contributed by atoms with Gasteiger partial charge in [0.05, 0.1) is 5.03 Å². The van der Waals surface area contributed by atoms with Crippen LogP contribution in [0.4, 0.5) is 0 Å². The number of pyridine rings is 1. The Balaban J connectivity index is 2.29. The highest BCUT2D eigenvalue weighted by molar-refractivity contribution is 7.99. The molecule has 0 saturated heterocycles. The van der Waals surface area contributed by atoms with Gasteiger partial charge < -0.3 is 9.90 Å². The molecule has 1 aromatic rings. The largest absolute Gasteiger partial charge is 0.550 e. The molecule has 64 valence electrons. The summed E-state index contributed by atoms with van der Waals surface area (Å²) < 4.78 is 0. The van der Waals surface area contributed by atoms with E-state index in [0.29, 0.717) is 5.75 Å². The number of rotatable bonds is 4. The highest BCUT2D eigenvalue weighted by Crippen LogP contribution is 2.14. The van der Waals surface area contributed by atoms with E-state index in [0.717, 1.165) is 5.03 Å². The van der Waals surface area contributed by atoms with Crippen molar-refractivity contribution in [2.45, 2.75) is 11.4 Å². The van der Waals surface area contributed by atoms with E-state index in [4.69, 9.17) is 0 Å². The Kier molecular flexibility index (Phi) is 3.60. The molecule has 0 aliphatic heterocycles. The average molecular weight is 182 g/mol. The minimum atomic E-state index is -1.02. The maximum Gasteiger partial charge on any atom is 0.0959 e. The summed E-state index contributed by atoms with van der Waals surface area (Å²) >= 11 is 1.42. The van der Waals surface area contributed by atoms with Crippen molar-refractivity contribution in [2.75, 3.05) is 5.75 Å². The lowest BCUT2D eigenvalue weighted by molar-refractivity contribution is -0.305. The van der Waals surface area contributed by atoms with Gasteiger partial charge in [-0.05, 0) is 18.6 Å². The van der Waals surface area contributed by atoms with Crippen LogP contribution in [0.15, 0.2) is 29.4 Å². The third-order valence-electron chi connectivity index (χ3n) is 1.19. The fourth-order valence-electron chi connectivity index (χ4n) is 0.671. The first-order valence-corrected chi connectivity index (χ1v) is 4.51. The molecule has 0 aromatic carbocycles. The van der Waals surface area contributed by atoms with Gasteiger partial charge in [-0.3, -0.25) is 0 Å². The Bertz CT molecular complexity index is 250. The summed E-state index contributed by atoms with van der Waals surface area (Å²) in [7, 11) is 0. The van der Waals surface area contributed by atoms with Gasteiger partial charge in [0.1, 0.15) is 0 Å². The van der Waals surface area contributed by atoms with Gasteiger partial charge in [0, 0.05) is 17.9 Å². The van der Waals surface area contributed by atoms with Crippen molar-refractivity contribution in [3.8, 4) is 0 Å². The Hall–Kier alpha value is -1.03. The van der Waals surface area contributed by atoms with E-state index >= 15 is 0 Å². The van der Waals surface area contributed by atoms with Crippen molar-refractivity contribution in [3.05, 3.63) is 24.4 Å². The van der Waals surface area contributed by atoms with Gasteiger partial charge in [0.2, 0.25) is 0 Å². The number of carboxylic acid groups (broad SMARTS) is 1. The molecular formula is C8H8NO2S-. The van der Waals surface area contributed by atoms with Crippen molar-refractivity contribution in [1.82, 2.24) is 4.98 Å². The number of hydrogen-bond acceptors (Lipinski definition) is 4. The average Bonchev–Trinajstić information content (AvgIpc) is 2.05. The van der Waals surface area contributed by atoms with Crippen molar-refractivity contribution in [1.29, 1.82) is 0 Å². The highest BCUT2D eigenvalue weighted by Gasteiger charge is 1.93. The fourth-order valence-corrected chi connectivity index (χ4v) is 1.46. The molecule has 0 aliphatic rings. The van der Waals surface area contributed by atoms with Crippen molar-refractivity contribution in [2.24, 2.45) is 0 Å². The molecule has 1 heterocycles. The summed E-state index contributed by atoms with van der Waals surface area (Å²) in [6.45, 7) is 0. The zero-order chi connectivity index (χ0) is 8.81. The highest BCUT2D eigenvalue weighted by atomic mass is 32.2. The van der Waals surface area contributed by atoms with E-state index in [1.165, 1.54) is 11.8 Å². The quantitative estimate of drug-likeness (QED) is 0.629. The summed E-state index contributed by atoms with van der Waals surface area (Å²) in [6, 6.07) is 5.54. The van der Waals surface area contributed by atoms with Gasteiger partial charge in [0.25, 0.3) is 0 Å². The second-order valence-electron chi connectivity index (χ2n) is 2.14. The number of hydrogen-bond donors (Lipinski definition) is 0. The van der Waals surface area contributed by atoms with Crippen molar-refractivity contribution < 1.29 is 9.90 Å². The zero-order valence-corrected chi connectivity index (χ0v) is 7.21. The first-order valence-electron chi connectivity index (χ1n) is 3.53. The number of carbonyl (C=O) groups is 1. The first kappa shape index (κ1) is 9.06. The standard InChI is InChI=1S/C8H9NO2S/c10-8(11)4-6-12-7-3-1-2-5-9-7/h1-3,5H,4,6H2,(H,10,11)/p-1. The Labute approximate surface area is 74.8 Å². The molecule has 0 atom stereocenters. The predicted octanol–water partition coefficient (Wildman–Crippen LogP) is 0.314. The molecule has 0 radical (unpaired) electrons. The second kappa shape index (κ2) is 4.77. The van der Waals surface area contributed by atoms with Crippen LogP contribution < -0.4 is 5.11 Å². The van der Waals surface area contributed by atoms with Crippen LogP contribution in [-0.4, -0.2) is 16.7 Å². The fraction of sp³-hybridized carbons (Fsp3) is 0.250. The van der Waals surface area contributed by atoms with Gasteiger partial charge in [-0.15, -0.1) is 11.8 Å². The van der Waals surface area contributed by atoms with E-state index in [-0.39, 0.29) is 6.42 Å². The molecule has 4 heteroatoms. The number of carboxylic acids is 1. The third kappa shape index (κ3) is 3.39. The summed E-state index contributed by atoms with van der Waals surface area (Å²) in [5.41, 5.74) is 0. The van der Waals surface area contributed by atoms with Crippen LogP contribution in [0.25, 0.3) is 0 Å². The summed E-state index contributed by atoms with van der Waals surface area (Å²) in [5.74, 6) is -0.502. The SMILES string of the molecule is O=C([O-])CCSc1ccccn1. The van der Waals surface area contributed by atoms with Gasteiger partial charge in [-0.25, -0.2) is 4.98 Å². The lowest BCUT2D eigenvalue weighted by Gasteiger charge is -2.00. The maximum atomic E-state index is 10.0. The first-order chi connectivity index (χ1) is 5.79. The van der Waals surface area contributed by atoms with Crippen molar-refractivity contribution >= 4 is 17.7 Å². The van der Waals surface area contributed by atoms with E-state index in [9.17, 15) is 9.90 Å². The molecular weight excluding hydrogens is 174 g/mol. The Morgan fingerprint density at radius 2 is 2.42 bits per heavy atom. The molecule has 0 spiro atoms. The molecule has 0 unspecified atom stereocenters. The minimum absolute atomic E-state index is 0.0707. The Morgan fingerprint density at radius 1 is 1.58 bits per heavy atom. The molecule has 0 fully saturated rings. The molecule has 0 N–H and O–H groups in total. The van der Waals surface area contributed by atoms with E-state index < -0.39 is 5.97 Å². The summed E-state index contributed by atoms with van der Waals surface area (Å²) in [5, 5.41) is 10.9. The van der Waals surface area contributed by atoms with Gasteiger partial charge in [0.15, 0.2) is 0 Å². The minimum Gasteiger partial charge on any atom is -0.550 e. The smallest absolute Gasteiger partial charge is 0.0959 e. The molecule has 3 nitrogen and oxygen atoms in total. The van der Waals surface area contributed by atoms with Crippen molar-refractivity contribution in [3.63, 3.8) is 0 Å². The molecule has 0 amide bonds. The second-order valence-corrected chi connectivity index (χ2v) is 3.25. The maximum absolute atomic E-state index is 10.0. The lowest BCUT2D eigenvalue weighted by Crippen LogP contribution is -2.22. The van der Waals surface area contributed by atoms with Crippen LogP contribution in [0.2, 0.25) is 0 Å². The molecule has 12 heavy (non-hydrogen) atoms. The summed E-state index contributed by atoms with van der Waals surface area (Å²) in [6.07, 6.45) is 1.75. The third-order valence-corrected chi connectivity index (χ3v) is 2.14. The van der Waals surface area contributed by atoms with E-state index in [1.807, 2.05) is 18.2 Å². The normalized spacial score (nSPS) is 9.67. The Morgan fingerprint density at radius 3 is 3.00 bits per heavy atom. The molecule has 0 bridgehead atoms. The zero-order valence-electron chi connectivity index (χ0n) is 6.40. The number of aliphatic carboxylic acids is 1. The molecule has 1 aromatic heterocycles. The predicted molar refractivity (Wildman–Crippen MR) is 44.6 cm³/mol. The van der Waals surface area contributed by atoms with Gasteiger partial charge in [-0.2, -0.15) is 0 Å². The van der Waals surface area contributed by atoms with Crippen LogP contribution in [0, 0.1) is 0 Å². The number of carbonyl (C=O) groups excluding carboxylic acids is 1. The number of nitrogens with zero attached hydrogens (tertiary/aromatic N) is 1. The van der Waals surface area contributed by atoms with Gasteiger partial charge in [-0.1, -0.05) is 6.07 Å². The van der Waals surface area contributed by atoms with Crippen LogP contribution in [0.3, 0.4) is 0 Å². The van der Waals surface area contributed by atoms with E-state index in [1.54, 1.807) is 6.20 Å². The molecule has 0 saturated carbocycles. The topological polar surface area (TPSA) is 53.0 Å². The van der Waals surface area contributed by atoms with E-state index in [2.05, 4.69) is 4.98 Å². The monoisotopic (exact) mass is 182 g/mol. The summed E-state index contributed by atoms with van der Waals surface area (Å²) in [4.78, 5) is 14.1. The number of aromatic nitrogens is 1. The van der Waals surface area contributed by atoms with Gasteiger partial charge >= 0.3 is 0 Å². The van der Waals surface area contributed by atoms with Crippen LogP contribution in [-0.2, 0) is 4.79 Å². The lowest BCUT2D eigenvalue weighted by atomic mass is 10.5. The van der Waals surface area contributed by atoms with Crippen LogP contribution >= 0.6 is 11.8 Å². The number of thioether (sulfide) groups is 1.